The van der Waals surface area contributed by atoms with Gasteiger partial charge >= 0.3 is 0 Å². The van der Waals surface area contributed by atoms with Gasteiger partial charge in [0, 0.05) is 22.6 Å². The molecule has 0 fully saturated rings. The molecule has 4 aromatic rings. The number of rotatable bonds is 1. The second kappa shape index (κ2) is 7.51. The van der Waals surface area contributed by atoms with Crippen LogP contribution in [0, 0.1) is 6.92 Å². The largest absolute Gasteiger partial charge is 0.481 e. The number of nitrogens with zero attached hydrogens (tertiary/aromatic N) is 1. The SMILES string of the molecule is C=C1CCc2cccc(c2)-c2cc(OC)nc3ccc(cc23)C(=O)c2ccc(C)c1c2. The Hall–Kier alpha value is -3.72. The molecule has 5 rings (SSSR count). The number of allylic oxidation sites excluding steroid dienone is 1. The number of hydrogen-bond donors (Lipinski definition) is 0. The van der Waals surface area contributed by atoms with Crippen LogP contribution in [0.4, 0.5) is 0 Å². The Bertz CT molecular complexity index is 1370. The van der Waals surface area contributed by atoms with Crippen LogP contribution in [0.2, 0.25) is 0 Å². The second-order valence-electron chi connectivity index (χ2n) is 8.11. The van der Waals surface area contributed by atoms with E-state index in [2.05, 4.69) is 42.8 Å². The van der Waals surface area contributed by atoms with Crippen molar-refractivity contribution in [1.82, 2.24) is 4.98 Å². The van der Waals surface area contributed by atoms with Gasteiger partial charge in [0.05, 0.1) is 12.6 Å². The highest BCUT2D eigenvalue weighted by Gasteiger charge is 2.16. The highest BCUT2D eigenvalue weighted by molar-refractivity contribution is 6.12. The normalized spacial score (nSPS) is 13.4. The van der Waals surface area contributed by atoms with Gasteiger partial charge in [-0.05, 0) is 77.4 Å². The van der Waals surface area contributed by atoms with Crippen LogP contribution in [0.5, 0.6) is 5.88 Å². The summed E-state index contributed by atoms with van der Waals surface area (Å²) < 4.78 is 5.45. The van der Waals surface area contributed by atoms with Crippen LogP contribution in [0.3, 0.4) is 0 Å². The summed E-state index contributed by atoms with van der Waals surface area (Å²) in [5.74, 6) is 0.563. The first kappa shape index (κ1) is 19.3. The summed E-state index contributed by atoms with van der Waals surface area (Å²) in [5, 5.41) is 0.942. The fourth-order valence-electron chi connectivity index (χ4n) is 4.32. The predicted molar refractivity (Wildman–Crippen MR) is 126 cm³/mol. The van der Waals surface area contributed by atoms with Gasteiger partial charge in [-0.2, -0.15) is 0 Å². The van der Waals surface area contributed by atoms with E-state index in [9.17, 15) is 4.79 Å². The van der Waals surface area contributed by atoms with Crippen LogP contribution in [-0.4, -0.2) is 17.9 Å². The number of hydrogen-bond acceptors (Lipinski definition) is 3. The van der Waals surface area contributed by atoms with E-state index >= 15 is 0 Å². The third kappa shape index (κ3) is 3.42. The summed E-state index contributed by atoms with van der Waals surface area (Å²) in [6.07, 6.45) is 1.72. The summed E-state index contributed by atoms with van der Waals surface area (Å²) in [7, 11) is 1.62. The highest BCUT2D eigenvalue weighted by Crippen LogP contribution is 2.34. The molecule has 1 aliphatic carbocycles. The predicted octanol–water partition coefficient (Wildman–Crippen LogP) is 6.41. The third-order valence-electron chi connectivity index (χ3n) is 6.09. The summed E-state index contributed by atoms with van der Waals surface area (Å²) in [4.78, 5) is 18.0. The van der Waals surface area contributed by atoms with Crippen LogP contribution in [0.25, 0.3) is 27.6 Å². The molecular weight excluding hydrogens is 382 g/mol. The average Bonchev–Trinajstić information content (AvgIpc) is 2.81. The third-order valence-corrected chi connectivity index (χ3v) is 6.09. The van der Waals surface area contributed by atoms with Gasteiger partial charge in [-0.3, -0.25) is 4.79 Å². The lowest BCUT2D eigenvalue weighted by Crippen LogP contribution is -2.04. The zero-order chi connectivity index (χ0) is 21.5. The summed E-state index contributed by atoms with van der Waals surface area (Å²) in [6, 6.07) is 22.1. The molecule has 0 amide bonds. The molecule has 3 nitrogen and oxygen atoms in total. The van der Waals surface area contributed by atoms with Crippen LogP contribution < -0.4 is 4.74 Å². The maximum atomic E-state index is 13.4. The molecule has 3 aromatic carbocycles. The molecule has 0 radical (unpaired) electrons. The number of fused-ring (bicyclic) bond motifs is 6. The van der Waals surface area contributed by atoms with Gasteiger partial charge in [0.1, 0.15) is 0 Å². The Labute approximate surface area is 182 Å². The molecule has 3 heteroatoms. The van der Waals surface area contributed by atoms with Gasteiger partial charge in [0.25, 0.3) is 0 Å². The van der Waals surface area contributed by atoms with Crippen molar-refractivity contribution in [2.75, 3.05) is 7.11 Å². The molecule has 0 saturated heterocycles. The lowest BCUT2D eigenvalue weighted by atomic mass is 9.90. The van der Waals surface area contributed by atoms with Gasteiger partial charge in [-0.25, -0.2) is 4.98 Å². The van der Waals surface area contributed by atoms with Crippen LogP contribution in [0.15, 0.2) is 73.3 Å². The van der Waals surface area contributed by atoms with Crippen molar-refractivity contribution in [2.24, 2.45) is 0 Å². The van der Waals surface area contributed by atoms with Crippen LogP contribution in [-0.2, 0) is 6.42 Å². The number of aromatic nitrogens is 1. The number of ketones is 1. The molecule has 0 saturated carbocycles. The molecule has 0 aliphatic heterocycles. The van der Waals surface area contributed by atoms with E-state index in [-0.39, 0.29) is 5.78 Å². The Morgan fingerprint density at radius 1 is 0.871 bits per heavy atom. The molecule has 31 heavy (non-hydrogen) atoms. The molecule has 0 unspecified atom stereocenters. The minimum atomic E-state index is 0.00327. The van der Waals surface area contributed by atoms with Gasteiger partial charge in [0.2, 0.25) is 5.88 Å². The van der Waals surface area contributed by atoms with E-state index < -0.39 is 0 Å². The Balaban J connectivity index is 1.81. The van der Waals surface area contributed by atoms with Crippen molar-refractivity contribution in [3.05, 3.63) is 101 Å². The van der Waals surface area contributed by atoms with Gasteiger partial charge < -0.3 is 4.74 Å². The minimum absolute atomic E-state index is 0.00327. The number of carbonyl (C=O) groups excluding carboxylic acids is 1. The molecule has 0 atom stereocenters. The van der Waals surface area contributed by atoms with Crippen molar-refractivity contribution in [2.45, 2.75) is 19.8 Å². The minimum Gasteiger partial charge on any atom is -0.481 e. The first-order chi connectivity index (χ1) is 15.0. The standard InChI is InChI=1S/C28H23NO2/c1-17-7-9-19-5-4-6-20(13-19)24-16-27(31-3)29-26-12-11-22(15-25(24)26)28(30)21-10-8-18(2)23(17)14-21/h4-6,8,10-16H,1,7,9H2,2-3H3. The first-order valence-electron chi connectivity index (χ1n) is 10.4. The van der Waals surface area contributed by atoms with Gasteiger partial charge in [-0.1, -0.05) is 43.0 Å². The topological polar surface area (TPSA) is 39.2 Å². The van der Waals surface area contributed by atoms with Crippen molar-refractivity contribution in [3.8, 4) is 17.0 Å². The lowest BCUT2D eigenvalue weighted by Gasteiger charge is -2.15. The fourth-order valence-corrected chi connectivity index (χ4v) is 4.32. The molecule has 0 N–H and O–H groups in total. The zero-order valence-corrected chi connectivity index (χ0v) is 17.7. The fraction of sp³-hybridized carbons (Fsp3) is 0.143. The molecule has 1 heterocycles. The van der Waals surface area contributed by atoms with Crippen molar-refractivity contribution >= 4 is 22.3 Å². The van der Waals surface area contributed by atoms with E-state index in [1.54, 1.807) is 7.11 Å². The lowest BCUT2D eigenvalue weighted by molar-refractivity contribution is 0.103. The van der Waals surface area contributed by atoms with Gasteiger partial charge in [0.15, 0.2) is 5.78 Å². The van der Waals surface area contributed by atoms with Crippen molar-refractivity contribution < 1.29 is 9.53 Å². The Morgan fingerprint density at radius 2 is 1.68 bits per heavy atom. The van der Waals surface area contributed by atoms with Crippen molar-refractivity contribution in [1.29, 1.82) is 0 Å². The molecular formula is C28H23NO2. The monoisotopic (exact) mass is 405 g/mol. The zero-order valence-electron chi connectivity index (χ0n) is 17.7. The second-order valence-corrected chi connectivity index (χ2v) is 8.11. The molecule has 0 spiro atoms. The molecule has 1 aliphatic rings. The quantitative estimate of drug-likeness (QED) is 0.367. The number of carbonyl (C=O) groups is 1. The summed E-state index contributed by atoms with van der Waals surface area (Å²) in [5.41, 5.74) is 8.74. The van der Waals surface area contributed by atoms with E-state index in [1.165, 1.54) is 5.56 Å². The van der Waals surface area contributed by atoms with E-state index in [0.717, 1.165) is 51.6 Å². The van der Waals surface area contributed by atoms with Crippen LogP contribution >= 0.6 is 0 Å². The molecule has 152 valence electrons. The highest BCUT2D eigenvalue weighted by atomic mass is 16.5. The number of pyridine rings is 1. The average molecular weight is 405 g/mol. The maximum absolute atomic E-state index is 13.4. The van der Waals surface area contributed by atoms with Crippen LogP contribution in [0.1, 0.15) is 39.0 Å². The van der Waals surface area contributed by atoms with E-state index in [1.807, 2.05) is 42.5 Å². The molecule has 1 aromatic heterocycles. The first-order valence-corrected chi connectivity index (χ1v) is 10.4. The number of methoxy groups -OCH3 is 1. The van der Waals surface area contributed by atoms with E-state index in [0.29, 0.717) is 17.0 Å². The Kier molecular flexibility index (Phi) is 4.67. The summed E-state index contributed by atoms with van der Waals surface area (Å²) >= 11 is 0. The number of ether oxygens (including phenoxy) is 1. The Morgan fingerprint density at radius 3 is 2.52 bits per heavy atom. The molecule has 6 bridgehead atoms. The maximum Gasteiger partial charge on any atom is 0.214 e. The van der Waals surface area contributed by atoms with Gasteiger partial charge in [-0.15, -0.1) is 0 Å². The van der Waals surface area contributed by atoms with Crippen molar-refractivity contribution in [3.63, 3.8) is 0 Å². The smallest absolute Gasteiger partial charge is 0.214 e. The summed E-state index contributed by atoms with van der Waals surface area (Å²) in [6.45, 7) is 6.40. The van der Waals surface area contributed by atoms with E-state index in [4.69, 9.17) is 4.74 Å². The number of aryl methyl sites for hydroxylation is 2. The number of benzene rings is 3.